The monoisotopic (exact) mass is 232 g/mol. The van der Waals surface area contributed by atoms with Gasteiger partial charge in [-0.25, -0.2) is 0 Å². The van der Waals surface area contributed by atoms with E-state index >= 15 is 0 Å². The van der Waals surface area contributed by atoms with Crippen molar-refractivity contribution in [1.82, 2.24) is 0 Å². The average Bonchev–Trinajstić information content (AvgIpc) is 2.67. The largest absolute Gasteiger partial charge is 0.372 e. The van der Waals surface area contributed by atoms with Crippen molar-refractivity contribution in [1.29, 1.82) is 0 Å². The molecule has 0 aliphatic heterocycles. The standard InChI is InChI=1S/C15H24N2/c1-17(14-8-4-2-3-5-9-14)15-10-6-7-13(11-15)12-16/h6-7,10-11,14H,2-5,8-9,12,16H2,1H3. The van der Waals surface area contributed by atoms with E-state index in [1.54, 1.807) is 0 Å². The molecule has 1 aliphatic carbocycles. The number of rotatable bonds is 3. The second kappa shape index (κ2) is 6.06. The van der Waals surface area contributed by atoms with Crippen molar-refractivity contribution in [2.24, 2.45) is 5.73 Å². The van der Waals surface area contributed by atoms with Gasteiger partial charge in [0, 0.05) is 25.3 Å². The van der Waals surface area contributed by atoms with Gasteiger partial charge in [0.25, 0.3) is 0 Å². The number of hydrogen-bond acceptors (Lipinski definition) is 2. The van der Waals surface area contributed by atoms with Crippen LogP contribution in [0.3, 0.4) is 0 Å². The molecule has 1 fully saturated rings. The fourth-order valence-electron chi connectivity index (χ4n) is 2.76. The molecule has 2 rings (SSSR count). The van der Waals surface area contributed by atoms with Gasteiger partial charge in [0.05, 0.1) is 0 Å². The van der Waals surface area contributed by atoms with E-state index in [1.165, 1.54) is 49.8 Å². The SMILES string of the molecule is CN(c1cccc(CN)c1)C1CCCCCC1. The first-order chi connectivity index (χ1) is 8.31. The smallest absolute Gasteiger partial charge is 0.0369 e. The minimum Gasteiger partial charge on any atom is -0.372 e. The van der Waals surface area contributed by atoms with E-state index < -0.39 is 0 Å². The lowest BCUT2D eigenvalue weighted by atomic mass is 10.1. The van der Waals surface area contributed by atoms with Crippen LogP contribution in [0.15, 0.2) is 24.3 Å². The number of hydrogen-bond donors (Lipinski definition) is 1. The molecule has 0 amide bonds. The molecule has 2 nitrogen and oxygen atoms in total. The number of nitrogens with two attached hydrogens (primary N) is 1. The highest BCUT2D eigenvalue weighted by Crippen LogP contribution is 2.25. The van der Waals surface area contributed by atoms with Crippen molar-refractivity contribution in [2.75, 3.05) is 11.9 Å². The van der Waals surface area contributed by atoms with E-state index in [9.17, 15) is 0 Å². The van der Waals surface area contributed by atoms with Crippen LogP contribution >= 0.6 is 0 Å². The second-order valence-electron chi connectivity index (χ2n) is 5.13. The molecule has 0 unspecified atom stereocenters. The average molecular weight is 232 g/mol. The molecule has 2 N–H and O–H groups in total. The Morgan fingerprint density at radius 2 is 1.88 bits per heavy atom. The van der Waals surface area contributed by atoms with Gasteiger partial charge in [-0.15, -0.1) is 0 Å². The molecule has 0 atom stereocenters. The van der Waals surface area contributed by atoms with E-state index in [-0.39, 0.29) is 0 Å². The Morgan fingerprint density at radius 1 is 1.18 bits per heavy atom. The molecule has 0 spiro atoms. The van der Waals surface area contributed by atoms with Gasteiger partial charge in [0.15, 0.2) is 0 Å². The van der Waals surface area contributed by atoms with Crippen LogP contribution in [0.25, 0.3) is 0 Å². The lowest BCUT2D eigenvalue weighted by Gasteiger charge is -2.29. The molecule has 94 valence electrons. The van der Waals surface area contributed by atoms with Crippen LogP contribution in [-0.2, 0) is 6.54 Å². The molecular weight excluding hydrogens is 208 g/mol. The molecule has 0 bridgehead atoms. The van der Waals surface area contributed by atoms with E-state index in [0.29, 0.717) is 12.6 Å². The lowest BCUT2D eigenvalue weighted by Crippen LogP contribution is -2.31. The minimum absolute atomic E-state index is 0.631. The summed E-state index contributed by atoms with van der Waals surface area (Å²) in [6.07, 6.45) is 8.25. The molecular formula is C15H24N2. The van der Waals surface area contributed by atoms with E-state index in [4.69, 9.17) is 5.73 Å². The lowest BCUT2D eigenvalue weighted by molar-refractivity contribution is 0.553. The van der Waals surface area contributed by atoms with E-state index in [2.05, 4.69) is 36.2 Å². The first-order valence-electron chi connectivity index (χ1n) is 6.83. The zero-order chi connectivity index (χ0) is 12.1. The second-order valence-corrected chi connectivity index (χ2v) is 5.13. The zero-order valence-corrected chi connectivity index (χ0v) is 10.9. The van der Waals surface area contributed by atoms with Crippen molar-refractivity contribution >= 4 is 5.69 Å². The summed E-state index contributed by atoms with van der Waals surface area (Å²) in [4.78, 5) is 2.45. The Hall–Kier alpha value is -1.02. The van der Waals surface area contributed by atoms with E-state index in [1.807, 2.05) is 0 Å². The van der Waals surface area contributed by atoms with Crippen molar-refractivity contribution in [3.63, 3.8) is 0 Å². The molecule has 0 aromatic heterocycles. The Labute approximate surface area is 105 Å². The van der Waals surface area contributed by atoms with Gasteiger partial charge in [0.1, 0.15) is 0 Å². The normalized spacial score (nSPS) is 17.8. The molecule has 17 heavy (non-hydrogen) atoms. The maximum absolute atomic E-state index is 5.70. The maximum atomic E-state index is 5.70. The van der Waals surface area contributed by atoms with Gasteiger partial charge >= 0.3 is 0 Å². The third-order valence-electron chi connectivity index (χ3n) is 3.93. The molecule has 2 heteroatoms. The maximum Gasteiger partial charge on any atom is 0.0369 e. The number of nitrogens with zero attached hydrogens (tertiary/aromatic N) is 1. The van der Waals surface area contributed by atoms with Gasteiger partial charge in [0.2, 0.25) is 0 Å². The topological polar surface area (TPSA) is 29.3 Å². The van der Waals surface area contributed by atoms with Crippen LogP contribution in [-0.4, -0.2) is 13.1 Å². The Balaban J connectivity index is 2.08. The molecule has 1 aromatic rings. The highest BCUT2D eigenvalue weighted by Gasteiger charge is 2.17. The van der Waals surface area contributed by atoms with Gasteiger partial charge < -0.3 is 10.6 Å². The highest BCUT2D eigenvalue weighted by molar-refractivity contribution is 5.48. The summed E-state index contributed by atoms with van der Waals surface area (Å²) in [6, 6.07) is 9.36. The first kappa shape index (κ1) is 12.4. The van der Waals surface area contributed by atoms with Crippen LogP contribution < -0.4 is 10.6 Å². The Kier molecular flexibility index (Phi) is 4.43. The van der Waals surface area contributed by atoms with E-state index in [0.717, 1.165) is 0 Å². The molecule has 1 saturated carbocycles. The summed E-state index contributed by atoms with van der Waals surface area (Å²) >= 11 is 0. The Morgan fingerprint density at radius 3 is 2.53 bits per heavy atom. The zero-order valence-electron chi connectivity index (χ0n) is 10.9. The predicted octanol–water partition coefficient (Wildman–Crippen LogP) is 3.30. The fraction of sp³-hybridized carbons (Fsp3) is 0.600. The van der Waals surface area contributed by atoms with Gasteiger partial charge in [-0.2, -0.15) is 0 Å². The highest BCUT2D eigenvalue weighted by atomic mass is 15.1. The van der Waals surface area contributed by atoms with Crippen LogP contribution in [0.5, 0.6) is 0 Å². The summed E-state index contributed by atoms with van der Waals surface area (Å²) in [5.74, 6) is 0. The number of anilines is 1. The summed E-state index contributed by atoms with van der Waals surface area (Å²) < 4.78 is 0. The van der Waals surface area contributed by atoms with Crippen molar-refractivity contribution in [3.8, 4) is 0 Å². The predicted molar refractivity (Wildman–Crippen MR) is 74.2 cm³/mol. The third kappa shape index (κ3) is 3.22. The van der Waals surface area contributed by atoms with Crippen molar-refractivity contribution in [2.45, 2.75) is 51.1 Å². The molecule has 1 aromatic carbocycles. The van der Waals surface area contributed by atoms with Crippen LogP contribution in [0, 0.1) is 0 Å². The third-order valence-corrected chi connectivity index (χ3v) is 3.93. The summed E-state index contributed by atoms with van der Waals surface area (Å²) in [5, 5.41) is 0. The van der Waals surface area contributed by atoms with Gasteiger partial charge in [-0.3, -0.25) is 0 Å². The molecule has 0 radical (unpaired) electrons. The van der Waals surface area contributed by atoms with Gasteiger partial charge in [-0.05, 0) is 30.5 Å². The quantitative estimate of drug-likeness (QED) is 0.810. The van der Waals surface area contributed by atoms with Crippen molar-refractivity contribution < 1.29 is 0 Å². The first-order valence-corrected chi connectivity index (χ1v) is 6.83. The van der Waals surface area contributed by atoms with Crippen molar-refractivity contribution in [3.05, 3.63) is 29.8 Å². The van der Waals surface area contributed by atoms with Gasteiger partial charge in [-0.1, -0.05) is 37.8 Å². The summed E-state index contributed by atoms with van der Waals surface area (Å²) in [6.45, 7) is 0.631. The Bertz CT molecular complexity index is 341. The molecule has 1 aliphatic rings. The minimum atomic E-state index is 0.631. The number of benzene rings is 1. The molecule has 0 heterocycles. The summed E-state index contributed by atoms with van der Waals surface area (Å²) in [5.41, 5.74) is 8.25. The molecule has 0 saturated heterocycles. The van der Waals surface area contributed by atoms with Crippen LogP contribution in [0.4, 0.5) is 5.69 Å². The fourth-order valence-corrected chi connectivity index (χ4v) is 2.76. The van der Waals surface area contributed by atoms with Crippen LogP contribution in [0.1, 0.15) is 44.1 Å². The van der Waals surface area contributed by atoms with Crippen LogP contribution in [0.2, 0.25) is 0 Å². The summed E-state index contributed by atoms with van der Waals surface area (Å²) in [7, 11) is 2.23.